The molecule has 0 amide bonds. The van der Waals surface area contributed by atoms with Gasteiger partial charge in [0.25, 0.3) is 0 Å². The Morgan fingerprint density at radius 2 is 1.36 bits per heavy atom. The molecule has 0 fully saturated rings. The Morgan fingerprint density at radius 3 is 2.07 bits per heavy atom. The van der Waals surface area contributed by atoms with Crippen LogP contribution in [-0.4, -0.2) is 63.1 Å². The lowest BCUT2D eigenvalue weighted by molar-refractivity contribution is -0.438. The van der Waals surface area contributed by atoms with Gasteiger partial charge in [0.05, 0.1) is 5.41 Å². The smallest absolute Gasteiger partial charge is 0.303 e. The molecule has 2 heterocycles. The van der Waals surface area contributed by atoms with Gasteiger partial charge in [0.1, 0.15) is 6.54 Å². The van der Waals surface area contributed by atoms with Crippen molar-refractivity contribution in [2.45, 2.75) is 122 Å². The highest BCUT2D eigenvalue weighted by Crippen LogP contribution is 2.48. The number of nitrogens with one attached hydrogen (secondary N) is 1. The van der Waals surface area contributed by atoms with Crippen molar-refractivity contribution in [2.75, 3.05) is 24.5 Å². The maximum absolute atomic E-state index is 11.4. The van der Waals surface area contributed by atoms with E-state index in [0.29, 0.717) is 25.8 Å². The van der Waals surface area contributed by atoms with Crippen LogP contribution in [0.25, 0.3) is 0 Å². The molecule has 0 saturated carbocycles. The van der Waals surface area contributed by atoms with Gasteiger partial charge < -0.3 is 25.5 Å². The van der Waals surface area contributed by atoms with E-state index in [4.69, 9.17) is 10.2 Å². The summed E-state index contributed by atoms with van der Waals surface area (Å²) in [5.41, 5.74) is 10.4. The second-order valence-corrected chi connectivity index (χ2v) is 16.1. The average Bonchev–Trinajstić information content (AvgIpc) is 3.49. The third kappa shape index (κ3) is 10.0. The van der Waals surface area contributed by atoms with Gasteiger partial charge in [-0.25, -0.2) is 0 Å². The predicted molar refractivity (Wildman–Crippen MR) is 219 cm³/mol. The summed E-state index contributed by atoms with van der Waals surface area (Å²) in [5.74, 6) is -2.30. The van der Waals surface area contributed by atoms with Crippen molar-refractivity contribution in [3.05, 3.63) is 107 Å². The van der Waals surface area contributed by atoms with Crippen LogP contribution in [0, 0.1) is 0 Å². The summed E-state index contributed by atoms with van der Waals surface area (Å²) in [6.07, 6.45) is 17.7. The van der Waals surface area contributed by atoms with Gasteiger partial charge in [0.15, 0.2) is 5.71 Å². The van der Waals surface area contributed by atoms with Gasteiger partial charge in [-0.15, -0.1) is 0 Å². The molecule has 294 valence electrons. The molecular weight excluding hydrogens is 691 g/mol. The van der Waals surface area contributed by atoms with Crippen LogP contribution in [0.5, 0.6) is 0 Å². The maximum atomic E-state index is 11.4. The molecule has 0 spiro atoms. The molecule has 0 atom stereocenters. The summed E-state index contributed by atoms with van der Waals surface area (Å²) < 4.78 is 2.41. The largest absolute Gasteiger partial charge is 0.481 e. The second kappa shape index (κ2) is 18.6. The SMILES string of the molecule is CC1(C)C(/C=C/C2=C(NCCCC(=O)O)C(=C/C=C3/N(CCCCCC(=O)O)c4ccccc4C3(C)C)/CCC2)=[N+](CCCCCC(=O)O)c2ccccc21. The van der Waals surface area contributed by atoms with E-state index < -0.39 is 17.9 Å². The van der Waals surface area contributed by atoms with Crippen LogP contribution in [0.2, 0.25) is 0 Å². The van der Waals surface area contributed by atoms with Crippen LogP contribution in [0.15, 0.2) is 95.4 Å². The molecule has 0 unspecified atom stereocenters. The summed E-state index contributed by atoms with van der Waals surface area (Å²) in [6.45, 7) is 11.3. The first kappa shape index (κ1) is 41.2. The third-order valence-corrected chi connectivity index (χ3v) is 11.4. The molecule has 0 aromatic heterocycles. The highest BCUT2D eigenvalue weighted by molar-refractivity contribution is 6.03. The van der Waals surface area contributed by atoms with E-state index in [1.54, 1.807) is 0 Å². The molecule has 2 aliphatic heterocycles. The first-order valence-corrected chi connectivity index (χ1v) is 20.2. The molecule has 9 heteroatoms. The second-order valence-electron chi connectivity index (χ2n) is 16.1. The van der Waals surface area contributed by atoms with E-state index >= 15 is 0 Å². The molecule has 0 bridgehead atoms. The minimum Gasteiger partial charge on any atom is -0.481 e. The quantitative estimate of drug-likeness (QED) is 0.0778. The zero-order valence-corrected chi connectivity index (χ0v) is 33.2. The van der Waals surface area contributed by atoms with Gasteiger partial charge >= 0.3 is 17.9 Å². The Labute approximate surface area is 326 Å². The lowest BCUT2D eigenvalue weighted by atomic mass is 9.81. The molecule has 9 nitrogen and oxygen atoms in total. The number of rotatable bonds is 20. The average molecular weight is 751 g/mol. The van der Waals surface area contributed by atoms with E-state index in [2.05, 4.69) is 115 Å². The molecule has 5 rings (SSSR count). The van der Waals surface area contributed by atoms with Crippen LogP contribution < -0.4 is 10.2 Å². The summed E-state index contributed by atoms with van der Waals surface area (Å²) in [7, 11) is 0. The highest BCUT2D eigenvalue weighted by atomic mass is 16.4. The first-order chi connectivity index (χ1) is 26.3. The van der Waals surface area contributed by atoms with E-state index in [1.807, 2.05) is 0 Å². The number of fused-ring (bicyclic) bond motifs is 2. The number of carbonyl (C=O) groups is 3. The van der Waals surface area contributed by atoms with Crippen LogP contribution in [0.4, 0.5) is 11.4 Å². The van der Waals surface area contributed by atoms with E-state index in [9.17, 15) is 19.5 Å². The molecule has 4 N–H and O–H groups in total. The molecular formula is C46H60N3O6+. The molecule has 3 aliphatic rings. The number of hydrogen-bond acceptors (Lipinski definition) is 5. The van der Waals surface area contributed by atoms with Crippen LogP contribution >= 0.6 is 0 Å². The van der Waals surface area contributed by atoms with Gasteiger partial charge in [0.2, 0.25) is 5.69 Å². The van der Waals surface area contributed by atoms with Gasteiger partial charge in [0, 0.05) is 79.0 Å². The van der Waals surface area contributed by atoms with E-state index in [-0.39, 0.29) is 30.1 Å². The Balaban J connectivity index is 1.49. The minimum atomic E-state index is -0.798. The van der Waals surface area contributed by atoms with Gasteiger partial charge in [-0.1, -0.05) is 68.8 Å². The number of anilines is 1. The molecule has 1 aliphatic carbocycles. The zero-order valence-electron chi connectivity index (χ0n) is 33.2. The molecule has 0 saturated heterocycles. The molecule has 55 heavy (non-hydrogen) atoms. The number of para-hydroxylation sites is 2. The maximum Gasteiger partial charge on any atom is 0.303 e. The Hall–Kier alpha value is -4.92. The summed E-state index contributed by atoms with van der Waals surface area (Å²) in [5, 5.41) is 31.3. The topological polar surface area (TPSA) is 130 Å². The van der Waals surface area contributed by atoms with Crippen LogP contribution in [0.3, 0.4) is 0 Å². The van der Waals surface area contributed by atoms with Gasteiger partial charge in [-0.2, -0.15) is 4.58 Å². The molecule has 0 radical (unpaired) electrons. The van der Waals surface area contributed by atoms with Crippen molar-refractivity contribution < 1.29 is 34.3 Å². The van der Waals surface area contributed by atoms with Crippen molar-refractivity contribution in [2.24, 2.45) is 0 Å². The number of aliphatic carboxylic acids is 3. The normalized spacial score (nSPS) is 18.7. The van der Waals surface area contributed by atoms with Crippen LogP contribution in [-0.2, 0) is 25.2 Å². The Morgan fingerprint density at radius 1 is 0.727 bits per heavy atom. The van der Waals surface area contributed by atoms with E-state index in [0.717, 1.165) is 63.7 Å². The fourth-order valence-electron chi connectivity index (χ4n) is 8.51. The van der Waals surface area contributed by atoms with Crippen molar-refractivity contribution in [3.63, 3.8) is 0 Å². The summed E-state index contributed by atoms with van der Waals surface area (Å²) in [6, 6.07) is 17.1. The van der Waals surface area contributed by atoms with Crippen molar-refractivity contribution >= 4 is 35.0 Å². The molecule has 2 aromatic carbocycles. The van der Waals surface area contributed by atoms with Crippen molar-refractivity contribution in [1.29, 1.82) is 0 Å². The number of carboxylic acids is 3. The Bertz CT molecular complexity index is 1900. The first-order valence-electron chi connectivity index (χ1n) is 20.2. The lowest BCUT2D eigenvalue weighted by Crippen LogP contribution is -2.28. The zero-order chi connectivity index (χ0) is 39.6. The van der Waals surface area contributed by atoms with Crippen molar-refractivity contribution in [3.8, 4) is 0 Å². The number of carboxylic acid groups (broad SMARTS) is 3. The fourth-order valence-corrected chi connectivity index (χ4v) is 8.51. The number of benzene rings is 2. The summed E-state index contributed by atoms with van der Waals surface area (Å²) >= 11 is 0. The number of allylic oxidation sites excluding steroid dienone is 7. The van der Waals surface area contributed by atoms with Gasteiger partial charge in [-0.05, 0) is 94.1 Å². The molecule has 2 aromatic rings. The van der Waals surface area contributed by atoms with Gasteiger partial charge in [-0.3, -0.25) is 14.4 Å². The third-order valence-electron chi connectivity index (χ3n) is 11.4. The van der Waals surface area contributed by atoms with Crippen molar-refractivity contribution in [1.82, 2.24) is 5.32 Å². The number of unbranched alkanes of at least 4 members (excludes halogenated alkanes) is 4. The minimum absolute atomic E-state index is 0.105. The van der Waals surface area contributed by atoms with E-state index in [1.165, 1.54) is 45.1 Å². The Kier molecular flexibility index (Phi) is 14.0. The number of nitrogens with zero attached hydrogens (tertiary/aromatic N) is 2. The summed E-state index contributed by atoms with van der Waals surface area (Å²) in [4.78, 5) is 36.0. The predicted octanol–water partition coefficient (Wildman–Crippen LogP) is 9.41. The fraction of sp³-hybridized carbons (Fsp3) is 0.478. The monoisotopic (exact) mass is 750 g/mol. The highest BCUT2D eigenvalue weighted by Gasteiger charge is 2.44. The number of hydrogen-bond donors (Lipinski definition) is 4. The standard InChI is InChI=1S/C46H59N3O6/c1-45(2)35-19-9-11-21-37(35)48(31-13-5-7-23-41(50)51)39(45)28-26-33-17-15-18-34(44(33)47-30-16-25-43(54)55)27-29-40-46(3,4)36-20-10-12-22-38(36)49(40)32-14-6-8-24-42(52)53/h9-12,19-22,26-29H,5-8,13-18,23-25,30-32H2,1-4H3,(H3,50,51,52,53,54,55)/p+1/b33-26+,39-28+. The van der Waals surface area contributed by atoms with Crippen LogP contribution in [0.1, 0.15) is 122 Å². The lowest BCUT2D eigenvalue weighted by Gasteiger charge is -2.28.